The van der Waals surface area contributed by atoms with Gasteiger partial charge in [-0.1, -0.05) is 42.5 Å². The lowest BCUT2D eigenvalue weighted by Crippen LogP contribution is -2.41. The Balaban J connectivity index is 1.55. The lowest BCUT2D eigenvalue weighted by Gasteiger charge is -2.22. The topological polar surface area (TPSA) is 95.2 Å². The number of amides is 3. The first kappa shape index (κ1) is 22.0. The molecule has 1 unspecified atom stereocenters. The number of nitrogens with zero attached hydrogens (tertiary/aromatic N) is 3. The van der Waals surface area contributed by atoms with Gasteiger partial charge in [0.15, 0.2) is 5.78 Å². The number of ketones is 1. The van der Waals surface area contributed by atoms with Gasteiger partial charge in [-0.15, -0.1) is 0 Å². The van der Waals surface area contributed by atoms with Crippen LogP contribution in [0.1, 0.15) is 45.4 Å². The molecule has 1 fully saturated rings. The average molecular weight is 441 g/mol. The number of hydrogen-bond donors (Lipinski definition) is 1. The van der Waals surface area contributed by atoms with Gasteiger partial charge in [0.1, 0.15) is 5.54 Å². The molecule has 0 radical (unpaired) electrons. The van der Waals surface area contributed by atoms with E-state index < -0.39 is 17.5 Å². The summed E-state index contributed by atoms with van der Waals surface area (Å²) in [4.78, 5) is 39.9. The zero-order valence-electron chi connectivity index (χ0n) is 18.8. The van der Waals surface area contributed by atoms with E-state index in [-0.39, 0.29) is 12.3 Å². The molecule has 1 aliphatic heterocycles. The van der Waals surface area contributed by atoms with Crippen LogP contribution in [-0.2, 0) is 16.9 Å². The van der Waals surface area contributed by atoms with Crippen molar-refractivity contribution >= 4 is 17.7 Å². The molecule has 1 saturated heterocycles. The molecule has 0 aliphatic carbocycles. The van der Waals surface area contributed by atoms with Crippen LogP contribution < -0.4 is 5.32 Å². The number of imide groups is 1. The van der Waals surface area contributed by atoms with Crippen LogP contribution in [0, 0.1) is 25.2 Å². The monoisotopic (exact) mass is 440 g/mol. The summed E-state index contributed by atoms with van der Waals surface area (Å²) in [6, 6.07) is 19.6. The number of aromatic nitrogens is 1. The van der Waals surface area contributed by atoms with Crippen LogP contribution >= 0.6 is 0 Å². The second-order valence-corrected chi connectivity index (χ2v) is 8.42. The normalized spacial score (nSPS) is 17.7. The Labute approximate surface area is 192 Å². The second kappa shape index (κ2) is 8.40. The van der Waals surface area contributed by atoms with Crippen molar-refractivity contribution in [3.8, 4) is 6.07 Å². The third-order valence-corrected chi connectivity index (χ3v) is 6.23. The lowest BCUT2D eigenvalue weighted by molar-refractivity contribution is -0.130. The largest absolute Gasteiger partial charge is 0.344 e. The van der Waals surface area contributed by atoms with Gasteiger partial charge in [-0.25, -0.2) is 4.79 Å². The van der Waals surface area contributed by atoms with Crippen LogP contribution in [0.5, 0.6) is 0 Å². The molecular formula is C26H24N4O3. The number of carbonyl (C=O) groups is 3. The van der Waals surface area contributed by atoms with Crippen LogP contribution in [0.25, 0.3) is 0 Å². The van der Waals surface area contributed by atoms with E-state index >= 15 is 0 Å². The lowest BCUT2D eigenvalue weighted by atomic mass is 9.91. The fourth-order valence-electron chi connectivity index (χ4n) is 4.24. The Morgan fingerprint density at radius 1 is 1.06 bits per heavy atom. The summed E-state index contributed by atoms with van der Waals surface area (Å²) < 4.78 is 2.05. The zero-order chi connectivity index (χ0) is 23.8. The van der Waals surface area contributed by atoms with E-state index in [2.05, 4.69) is 9.88 Å². The minimum atomic E-state index is -1.30. The maximum Gasteiger partial charge on any atom is 0.325 e. The zero-order valence-corrected chi connectivity index (χ0v) is 18.8. The molecule has 1 N–H and O–H groups in total. The molecule has 3 amide bonds. The highest BCUT2D eigenvalue weighted by Gasteiger charge is 2.49. The van der Waals surface area contributed by atoms with Crippen LogP contribution in [0.4, 0.5) is 4.79 Å². The van der Waals surface area contributed by atoms with Gasteiger partial charge in [-0.3, -0.25) is 14.5 Å². The summed E-state index contributed by atoms with van der Waals surface area (Å²) in [5.41, 5.74) is 3.05. The number of nitriles is 1. The quantitative estimate of drug-likeness (QED) is 0.467. The highest BCUT2D eigenvalue weighted by atomic mass is 16.2. The van der Waals surface area contributed by atoms with Crippen molar-refractivity contribution < 1.29 is 14.4 Å². The number of Topliss-reactive ketones (excluding diaryl/α,β-unsaturated/α-hetero) is 1. The Kier molecular flexibility index (Phi) is 5.60. The van der Waals surface area contributed by atoms with Crippen molar-refractivity contribution in [3.05, 3.63) is 94.3 Å². The van der Waals surface area contributed by atoms with E-state index in [4.69, 9.17) is 5.26 Å². The standard InChI is InChI=1S/C26H24N4O3/c1-17-13-22(18(2)29(17)15-20-7-5-4-6-8-20)23(31)16-30-24(32)26(3,28-25(30)33)21-11-9-19(14-27)10-12-21/h4-13H,15-16H2,1-3H3,(H,28,33). The van der Waals surface area contributed by atoms with Crippen molar-refractivity contribution in [2.24, 2.45) is 0 Å². The van der Waals surface area contributed by atoms with Crippen molar-refractivity contribution in [2.75, 3.05) is 6.54 Å². The summed E-state index contributed by atoms with van der Waals surface area (Å²) >= 11 is 0. The number of benzene rings is 2. The summed E-state index contributed by atoms with van der Waals surface area (Å²) in [6.07, 6.45) is 0. The van der Waals surface area contributed by atoms with Crippen molar-refractivity contribution in [1.29, 1.82) is 5.26 Å². The number of nitrogens with one attached hydrogen (secondary N) is 1. The number of urea groups is 1. The molecule has 4 rings (SSSR count). The first-order chi connectivity index (χ1) is 15.7. The Hall–Kier alpha value is -4.18. The van der Waals surface area contributed by atoms with Crippen LogP contribution in [0.2, 0.25) is 0 Å². The van der Waals surface area contributed by atoms with Crippen LogP contribution in [0.15, 0.2) is 60.7 Å². The van der Waals surface area contributed by atoms with Crippen molar-refractivity contribution in [1.82, 2.24) is 14.8 Å². The van der Waals surface area contributed by atoms with Gasteiger partial charge in [-0.05, 0) is 50.1 Å². The molecule has 0 bridgehead atoms. The molecular weight excluding hydrogens is 416 g/mol. The molecule has 1 atom stereocenters. The molecule has 3 aromatic rings. The fourth-order valence-corrected chi connectivity index (χ4v) is 4.24. The van der Waals surface area contributed by atoms with Crippen molar-refractivity contribution in [2.45, 2.75) is 32.9 Å². The predicted molar refractivity (Wildman–Crippen MR) is 123 cm³/mol. The SMILES string of the molecule is Cc1cc(C(=O)CN2C(=O)NC(C)(c3ccc(C#N)cc3)C2=O)c(C)n1Cc1ccccc1. The van der Waals surface area contributed by atoms with E-state index in [1.807, 2.05) is 50.2 Å². The number of carbonyl (C=O) groups excluding carboxylic acids is 3. The molecule has 0 spiro atoms. The smallest absolute Gasteiger partial charge is 0.325 e. The molecule has 2 aromatic carbocycles. The predicted octanol–water partition coefficient (Wildman–Crippen LogP) is 3.67. The molecule has 1 aromatic heterocycles. The minimum Gasteiger partial charge on any atom is -0.344 e. The molecule has 0 saturated carbocycles. The average Bonchev–Trinajstić information content (AvgIpc) is 3.22. The molecule has 1 aliphatic rings. The van der Waals surface area contributed by atoms with E-state index in [0.717, 1.165) is 21.9 Å². The Bertz CT molecular complexity index is 1290. The van der Waals surface area contributed by atoms with Crippen molar-refractivity contribution in [3.63, 3.8) is 0 Å². The van der Waals surface area contributed by atoms with Crippen LogP contribution in [-0.4, -0.2) is 33.7 Å². The number of hydrogen-bond acceptors (Lipinski definition) is 4. The fraction of sp³-hybridized carbons (Fsp3) is 0.231. The van der Waals surface area contributed by atoms with Gasteiger partial charge in [-0.2, -0.15) is 5.26 Å². The van der Waals surface area contributed by atoms with Gasteiger partial charge in [0, 0.05) is 23.5 Å². The van der Waals surface area contributed by atoms with E-state index in [1.165, 1.54) is 0 Å². The Morgan fingerprint density at radius 2 is 1.73 bits per heavy atom. The maximum absolute atomic E-state index is 13.2. The maximum atomic E-state index is 13.2. The third kappa shape index (κ3) is 3.92. The first-order valence-electron chi connectivity index (χ1n) is 10.6. The highest BCUT2D eigenvalue weighted by molar-refractivity contribution is 6.11. The minimum absolute atomic E-state index is 0.296. The summed E-state index contributed by atoms with van der Waals surface area (Å²) in [6.45, 7) is 5.70. The molecule has 2 heterocycles. The van der Waals surface area contributed by atoms with Gasteiger partial charge in [0.2, 0.25) is 0 Å². The summed E-state index contributed by atoms with van der Waals surface area (Å²) in [7, 11) is 0. The molecule has 33 heavy (non-hydrogen) atoms. The molecule has 7 heteroatoms. The molecule has 7 nitrogen and oxygen atoms in total. The van der Waals surface area contributed by atoms with Crippen LogP contribution in [0.3, 0.4) is 0 Å². The Morgan fingerprint density at radius 3 is 2.36 bits per heavy atom. The third-order valence-electron chi connectivity index (χ3n) is 6.23. The van der Waals surface area contributed by atoms with Gasteiger partial charge in [0.25, 0.3) is 5.91 Å². The second-order valence-electron chi connectivity index (χ2n) is 8.42. The number of aryl methyl sites for hydroxylation is 1. The van der Waals surface area contributed by atoms with E-state index in [1.54, 1.807) is 37.3 Å². The molecule has 166 valence electrons. The van der Waals surface area contributed by atoms with E-state index in [9.17, 15) is 14.4 Å². The summed E-state index contributed by atoms with van der Waals surface area (Å²) in [5, 5.41) is 11.7. The summed E-state index contributed by atoms with van der Waals surface area (Å²) in [5.74, 6) is -0.793. The van der Waals surface area contributed by atoms with Gasteiger partial charge >= 0.3 is 6.03 Å². The highest BCUT2D eigenvalue weighted by Crippen LogP contribution is 2.29. The first-order valence-corrected chi connectivity index (χ1v) is 10.6. The number of rotatable bonds is 6. The van der Waals surface area contributed by atoms with E-state index in [0.29, 0.717) is 23.2 Å². The van der Waals surface area contributed by atoms with Gasteiger partial charge < -0.3 is 9.88 Å². The van der Waals surface area contributed by atoms with Gasteiger partial charge in [0.05, 0.1) is 18.2 Å².